The molecule has 0 fully saturated rings. The van der Waals surface area contributed by atoms with Crippen LogP contribution in [0.5, 0.6) is 0 Å². The van der Waals surface area contributed by atoms with Crippen molar-refractivity contribution in [1.29, 1.82) is 0 Å². The van der Waals surface area contributed by atoms with E-state index in [0.717, 1.165) is 24.3 Å². The lowest BCUT2D eigenvalue weighted by atomic mass is 10.1. The first-order valence-electron chi connectivity index (χ1n) is 4.34. The molecule has 0 amide bonds. The fourth-order valence-corrected chi connectivity index (χ4v) is 2.47. The van der Waals surface area contributed by atoms with E-state index in [1.807, 2.05) is 0 Å². The molecule has 0 spiro atoms. The highest BCUT2D eigenvalue weighted by atomic mass is 32.2. The van der Waals surface area contributed by atoms with Gasteiger partial charge in [-0.05, 0) is 26.7 Å². The Labute approximate surface area is 77.0 Å². The Balaban J connectivity index is 2.67. The second-order valence-electron chi connectivity index (χ2n) is 3.39. The predicted molar refractivity (Wildman–Crippen MR) is 54.6 cm³/mol. The maximum Gasteiger partial charge on any atom is 0.0445 e. The molecule has 1 heterocycles. The minimum absolute atomic E-state index is 0.675. The summed E-state index contributed by atoms with van der Waals surface area (Å²) in [7, 11) is -0.675. The molecule has 0 saturated carbocycles. The molecule has 12 heavy (non-hydrogen) atoms. The smallest absolute Gasteiger partial charge is 0.0445 e. The van der Waals surface area contributed by atoms with Crippen LogP contribution in [-0.4, -0.2) is 15.7 Å². The molecule has 0 aromatic rings. The first-order valence-corrected chi connectivity index (χ1v) is 5.83. The summed E-state index contributed by atoms with van der Waals surface area (Å²) >= 11 is 0. The maximum atomic E-state index is 11.4. The Hall–Kier alpha value is -0.370. The van der Waals surface area contributed by atoms with Gasteiger partial charge in [-0.2, -0.15) is 0 Å². The Morgan fingerprint density at radius 3 is 2.75 bits per heavy atom. The van der Waals surface area contributed by atoms with E-state index in [1.165, 1.54) is 11.1 Å². The number of allylic oxidation sites excluding steroid dienone is 2. The van der Waals surface area contributed by atoms with Gasteiger partial charge >= 0.3 is 0 Å². The van der Waals surface area contributed by atoms with Gasteiger partial charge in [0.25, 0.3) is 0 Å². The molecule has 0 aromatic heterocycles. The second kappa shape index (κ2) is 4.61. The van der Waals surface area contributed by atoms with Gasteiger partial charge in [0.1, 0.15) is 0 Å². The summed E-state index contributed by atoms with van der Waals surface area (Å²) in [6, 6.07) is 0. The van der Waals surface area contributed by atoms with E-state index < -0.39 is 10.8 Å². The van der Waals surface area contributed by atoms with E-state index >= 15 is 0 Å². The van der Waals surface area contributed by atoms with Gasteiger partial charge < -0.3 is 0 Å². The molecule has 1 unspecified atom stereocenters. The van der Waals surface area contributed by atoms with Crippen LogP contribution in [0.3, 0.4) is 0 Å². The molecule has 0 aromatic carbocycles. The molecule has 0 radical (unpaired) electrons. The summed E-state index contributed by atoms with van der Waals surface area (Å²) in [4.78, 5) is 0. The van der Waals surface area contributed by atoms with E-state index in [9.17, 15) is 4.21 Å². The number of rotatable bonds is 0. The molecule has 1 nitrogen and oxygen atoms in total. The van der Waals surface area contributed by atoms with E-state index in [1.54, 1.807) is 0 Å². The van der Waals surface area contributed by atoms with Crippen LogP contribution in [0.25, 0.3) is 0 Å². The van der Waals surface area contributed by atoms with Crippen molar-refractivity contribution in [2.45, 2.75) is 26.7 Å². The van der Waals surface area contributed by atoms with Crippen LogP contribution in [0.2, 0.25) is 0 Å². The van der Waals surface area contributed by atoms with Crippen molar-refractivity contribution >= 4 is 10.8 Å². The molecule has 0 N–H and O–H groups in total. The third kappa shape index (κ3) is 3.35. The van der Waals surface area contributed by atoms with Crippen LogP contribution < -0.4 is 0 Å². The SMILES string of the molecule is C/C1=C/CS(=O)C/C(C)=C/CC1. The van der Waals surface area contributed by atoms with Crippen LogP contribution in [0.1, 0.15) is 26.7 Å². The standard InChI is InChI=1S/C10H16OS/c1-9-4-3-5-10(2)8-12(11)7-6-9/h5-6H,3-4,7-8H2,1-2H3/b9-6-,10-5+. The van der Waals surface area contributed by atoms with Crippen molar-refractivity contribution in [1.82, 2.24) is 0 Å². The lowest BCUT2D eigenvalue weighted by Gasteiger charge is -1.97. The average molecular weight is 184 g/mol. The second-order valence-corrected chi connectivity index (χ2v) is 4.89. The van der Waals surface area contributed by atoms with Crippen molar-refractivity contribution in [2.24, 2.45) is 0 Å². The first kappa shape index (κ1) is 9.72. The summed E-state index contributed by atoms with van der Waals surface area (Å²) in [5, 5.41) is 0. The van der Waals surface area contributed by atoms with Crippen molar-refractivity contribution in [3.05, 3.63) is 23.3 Å². The molecular formula is C10H16OS. The maximum absolute atomic E-state index is 11.4. The lowest BCUT2D eigenvalue weighted by Crippen LogP contribution is -2.01. The minimum atomic E-state index is -0.675. The molecule has 1 rings (SSSR count). The summed E-state index contributed by atoms with van der Waals surface area (Å²) < 4.78 is 11.4. The largest absolute Gasteiger partial charge is 0.259 e. The summed E-state index contributed by atoms with van der Waals surface area (Å²) in [6.07, 6.45) is 6.54. The zero-order valence-electron chi connectivity index (χ0n) is 7.80. The topological polar surface area (TPSA) is 17.1 Å². The zero-order valence-corrected chi connectivity index (χ0v) is 8.62. The Morgan fingerprint density at radius 1 is 1.25 bits per heavy atom. The van der Waals surface area contributed by atoms with E-state index in [2.05, 4.69) is 26.0 Å². The van der Waals surface area contributed by atoms with Gasteiger partial charge in [0, 0.05) is 22.3 Å². The highest BCUT2D eigenvalue weighted by Gasteiger charge is 2.01. The van der Waals surface area contributed by atoms with Gasteiger partial charge in [-0.15, -0.1) is 0 Å². The number of hydrogen-bond donors (Lipinski definition) is 0. The average Bonchev–Trinajstić information content (AvgIpc) is 2.05. The molecule has 1 aliphatic heterocycles. The molecular weight excluding hydrogens is 168 g/mol. The highest BCUT2D eigenvalue weighted by Crippen LogP contribution is 2.10. The Bertz CT molecular complexity index is 238. The Morgan fingerprint density at radius 2 is 2.00 bits per heavy atom. The van der Waals surface area contributed by atoms with Crippen LogP contribution >= 0.6 is 0 Å². The van der Waals surface area contributed by atoms with Crippen LogP contribution in [0.4, 0.5) is 0 Å². The lowest BCUT2D eigenvalue weighted by molar-refractivity contribution is 0.686. The van der Waals surface area contributed by atoms with Crippen LogP contribution in [0, 0.1) is 0 Å². The minimum Gasteiger partial charge on any atom is -0.259 e. The molecule has 0 aliphatic carbocycles. The van der Waals surface area contributed by atoms with Gasteiger partial charge in [-0.25, -0.2) is 0 Å². The van der Waals surface area contributed by atoms with Crippen molar-refractivity contribution in [2.75, 3.05) is 11.5 Å². The summed E-state index contributed by atoms with van der Waals surface area (Å²) in [6.45, 7) is 4.18. The quantitative estimate of drug-likeness (QED) is 0.528. The third-order valence-electron chi connectivity index (χ3n) is 2.04. The summed E-state index contributed by atoms with van der Waals surface area (Å²) in [5.74, 6) is 1.49. The predicted octanol–water partition coefficient (Wildman–Crippen LogP) is 2.42. The Kier molecular flexibility index (Phi) is 3.73. The van der Waals surface area contributed by atoms with E-state index in [4.69, 9.17) is 0 Å². The van der Waals surface area contributed by atoms with Crippen LogP contribution in [-0.2, 0) is 10.8 Å². The van der Waals surface area contributed by atoms with Crippen LogP contribution in [0.15, 0.2) is 23.3 Å². The van der Waals surface area contributed by atoms with Gasteiger partial charge in [0.2, 0.25) is 0 Å². The molecule has 0 saturated heterocycles. The van der Waals surface area contributed by atoms with E-state index in [0.29, 0.717) is 0 Å². The molecule has 1 atom stereocenters. The van der Waals surface area contributed by atoms with Gasteiger partial charge in [-0.3, -0.25) is 4.21 Å². The van der Waals surface area contributed by atoms with Crippen molar-refractivity contribution in [3.63, 3.8) is 0 Å². The fraction of sp³-hybridized carbons (Fsp3) is 0.600. The summed E-state index contributed by atoms with van der Waals surface area (Å²) in [5.41, 5.74) is 2.64. The first-order chi connectivity index (χ1) is 5.68. The monoisotopic (exact) mass is 184 g/mol. The number of hydrogen-bond acceptors (Lipinski definition) is 1. The fourth-order valence-electron chi connectivity index (χ4n) is 1.26. The molecule has 2 heteroatoms. The third-order valence-corrected chi connectivity index (χ3v) is 3.35. The van der Waals surface area contributed by atoms with Gasteiger partial charge in [-0.1, -0.05) is 23.3 Å². The molecule has 68 valence electrons. The van der Waals surface area contributed by atoms with Gasteiger partial charge in [0.15, 0.2) is 0 Å². The van der Waals surface area contributed by atoms with E-state index in [-0.39, 0.29) is 0 Å². The molecule has 0 bridgehead atoms. The highest BCUT2D eigenvalue weighted by molar-refractivity contribution is 7.85. The molecule has 1 aliphatic rings. The van der Waals surface area contributed by atoms with Crippen molar-refractivity contribution < 1.29 is 4.21 Å². The zero-order chi connectivity index (χ0) is 8.97. The van der Waals surface area contributed by atoms with Crippen molar-refractivity contribution in [3.8, 4) is 0 Å². The van der Waals surface area contributed by atoms with Gasteiger partial charge in [0.05, 0.1) is 0 Å². The normalized spacial score (nSPS) is 35.0.